The first-order valence-electron chi connectivity index (χ1n) is 6.86. The van der Waals surface area contributed by atoms with Crippen molar-refractivity contribution in [2.75, 3.05) is 11.9 Å². The fourth-order valence-electron chi connectivity index (χ4n) is 1.89. The Kier molecular flexibility index (Phi) is 4.78. The maximum atomic E-state index is 4.32. The van der Waals surface area contributed by atoms with Gasteiger partial charge in [-0.2, -0.15) is 0 Å². The van der Waals surface area contributed by atoms with Gasteiger partial charge < -0.3 is 10.2 Å². The van der Waals surface area contributed by atoms with Crippen molar-refractivity contribution < 1.29 is 0 Å². The number of anilines is 1. The summed E-state index contributed by atoms with van der Waals surface area (Å²) in [6, 6.07) is 8.72. The van der Waals surface area contributed by atoms with E-state index in [4.69, 9.17) is 0 Å². The Hall–Kier alpha value is -1.39. The zero-order valence-corrected chi connectivity index (χ0v) is 13.5. The van der Waals surface area contributed by atoms with Crippen molar-refractivity contribution >= 4 is 17.0 Å². The van der Waals surface area contributed by atoms with Gasteiger partial charge in [0.2, 0.25) is 0 Å². The van der Waals surface area contributed by atoms with Gasteiger partial charge in [0.1, 0.15) is 0 Å². The fraction of sp³-hybridized carbons (Fsp3) is 0.438. The Morgan fingerprint density at radius 3 is 2.45 bits per heavy atom. The van der Waals surface area contributed by atoms with Crippen LogP contribution in [0.25, 0.3) is 0 Å². The number of hydrogen-bond acceptors (Lipinski definition) is 4. The van der Waals surface area contributed by atoms with Crippen LogP contribution in [0.3, 0.4) is 0 Å². The molecule has 1 aromatic carbocycles. The van der Waals surface area contributed by atoms with Crippen LogP contribution in [-0.4, -0.2) is 17.6 Å². The summed E-state index contributed by atoms with van der Waals surface area (Å²) in [6.45, 7) is 8.30. The third kappa shape index (κ3) is 4.62. The lowest BCUT2D eigenvalue weighted by Gasteiger charge is -2.21. The normalized spacial score (nSPS) is 11.6. The molecule has 0 atom stereocenters. The third-order valence-corrected chi connectivity index (χ3v) is 3.72. The highest BCUT2D eigenvalue weighted by molar-refractivity contribution is 7.07. The largest absolute Gasteiger partial charge is 0.369 e. The summed E-state index contributed by atoms with van der Waals surface area (Å²) >= 11 is 1.64. The molecule has 0 amide bonds. The van der Waals surface area contributed by atoms with Crippen LogP contribution in [0.4, 0.5) is 5.69 Å². The average molecular weight is 289 g/mol. The van der Waals surface area contributed by atoms with Crippen molar-refractivity contribution in [2.45, 2.75) is 39.4 Å². The van der Waals surface area contributed by atoms with Gasteiger partial charge in [-0.15, -0.1) is 11.3 Å². The minimum absolute atomic E-state index is 0.153. The van der Waals surface area contributed by atoms with Gasteiger partial charge in [-0.05, 0) is 38.5 Å². The molecule has 3 nitrogen and oxygen atoms in total. The van der Waals surface area contributed by atoms with E-state index in [-0.39, 0.29) is 5.54 Å². The molecule has 1 heterocycles. The van der Waals surface area contributed by atoms with E-state index in [1.54, 1.807) is 11.3 Å². The summed E-state index contributed by atoms with van der Waals surface area (Å²) in [5.74, 6) is 0. The molecule has 2 aromatic rings. The zero-order valence-electron chi connectivity index (χ0n) is 12.7. The molecule has 0 aliphatic rings. The number of thiazole rings is 1. The summed E-state index contributed by atoms with van der Waals surface area (Å²) in [7, 11) is 2.10. The fourth-order valence-corrected chi connectivity index (χ4v) is 2.43. The smallest absolute Gasteiger partial charge is 0.0795 e. The van der Waals surface area contributed by atoms with Crippen LogP contribution < -0.4 is 10.2 Å². The maximum absolute atomic E-state index is 4.32. The van der Waals surface area contributed by atoms with Crippen LogP contribution in [0.15, 0.2) is 35.2 Å². The summed E-state index contributed by atoms with van der Waals surface area (Å²) in [5.41, 5.74) is 5.68. The first-order chi connectivity index (χ1) is 9.44. The quantitative estimate of drug-likeness (QED) is 0.910. The molecule has 0 unspecified atom stereocenters. The minimum Gasteiger partial charge on any atom is -0.369 e. The van der Waals surface area contributed by atoms with Gasteiger partial charge in [0, 0.05) is 30.2 Å². The highest BCUT2D eigenvalue weighted by Crippen LogP contribution is 2.17. The van der Waals surface area contributed by atoms with Gasteiger partial charge in [0.05, 0.1) is 17.7 Å². The molecule has 1 aromatic heterocycles. The van der Waals surface area contributed by atoms with Crippen LogP contribution in [0, 0.1) is 0 Å². The van der Waals surface area contributed by atoms with Crippen LogP contribution in [0.1, 0.15) is 32.0 Å². The SMILES string of the molecule is CN(Cc1cscn1)c1ccc(CNC(C)(C)C)cc1. The minimum atomic E-state index is 0.153. The topological polar surface area (TPSA) is 28.2 Å². The Morgan fingerprint density at radius 1 is 1.20 bits per heavy atom. The van der Waals surface area contributed by atoms with Crippen LogP contribution >= 0.6 is 11.3 Å². The number of hydrogen-bond donors (Lipinski definition) is 1. The molecule has 20 heavy (non-hydrogen) atoms. The van der Waals surface area contributed by atoms with E-state index in [1.807, 2.05) is 5.51 Å². The molecule has 0 aliphatic heterocycles. The molecule has 0 bridgehead atoms. The standard InChI is InChI=1S/C16H23N3S/c1-16(2,3)18-9-13-5-7-15(8-6-13)19(4)10-14-11-20-12-17-14/h5-8,11-12,18H,9-10H2,1-4H3. The van der Waals surface area contributed by atoms with Gasteiger partial charge in [0.15, 0.2) is 0 Å². The van der Waals surface area contributed by atoms with E-state index in [0.717, 1.165) is 18.8 Å². The lowest BCUT2D eigenvalue weighted by atomic mass is 10.1. The molecule has 4 heteroatoms. The van der Waals surface area contributed by atoms with E-state index in [0.29, 0.717) is 0 Å². The number of nitrogens with one attached hydrogen (secondary N) is 1. The van der Waals surface area contributed by atoms with Crippen molar-refractivity contribution in [1.29, 1.82) is 0 Å². The second-order valence-corrected chi connectivity index (χ2v) is 6.82. The molecular weight excluding hydrogens is 266 g/mol. The van der Waals surface area contributed by atoms with Gasteiger partial charge in [-0.3, -0.25) is 0 Å². The van der Waals surface area contributed by atoms with Gasteiger partial charge in [-0.25, -0.2) is 4.98 Å². The van der Waals surface area contributed by atoms with Crippen molar-refractivity contribution in [1.82, 2.24) is 10.3 Å². The highest BCUT2D eigenvalue weighted by Gasteiger charge is 2.08. The first kappa shape index (κ1) is 15.0. The van der Waals surface area contributed by atoms with E-state index >= 15 is 0 Å². The molecule has 0 saturated heterocycles. The van der Waals surface area contributed by atoms with E-state index in [2.05, 4.69) is 72.7 Å². The van der Waals surface area contributed by atoms with Crippen LogP contribution in [-0.2, 0) is 13.1 Å². The third-order valence-electron chi connectivity index (χ3n) is 3.08. The van der Waals surface area contributed by atoms with Crippen molar-refractivity contribution in [3.8, 4) is 0 Å². The maximum Gasteiger partial charge on any atom is 0.0795 e. The molecular formula is C16H23N3S. The molecule has 0 radical (unpaired) electrons. The van der Waals surface area contributed by atoms with Crippen LogP contribution in [0.2, 0.25) is 0 Å². The van der Waals surface area contributed by atoms with Gasteiger partial charge >= 0.3 is 0 Å². The predicted molar refractivity (Wildman–Crippen MR) is 87.3 cm³/mol. The number of benzene rings is 1. The van der Waals surface area contributed by atoms with E-state index in [1.165, 1.54) is 11.3 Å². The van der Waals surface area contributed by atoms with Gasteiger partial charge in [0.25, 0.3) is 0 Å². The molecule has 108 valence electrons. The zero-order chi connectivity index (χ0) is 14.6. The van der Waals surface area contributed by atoms with Crippen LogP contribution in [0.5, 0.6) is 0 Å². The lowest BCUT2D eigenvalue weighted by molar-refractivity contribution is 0.424. The molecule has 0 aliphatic carbocycles. The Labute approximate surface area is 125 Å². The second-order valence-electron chi connectivity index (χ2n) is 6.11. The number of aromatic nitrogens is 1. The molecule has 0 saturated carbocycles. The summed E-state index contributed by atoms with van der Waals surface area (Å²) in [5, 5.41) is 5.60. The van der Waals surface area contributed by atoms with E-state index in [9.17, 15) is 0 Å². The summed E-state index contributed by atoms with van der Waals surface area (Å²) in [4.78, 5) is 6.54. The number of rotatable bonds is 5. The van der Waals surface area contributed by atoms with Crippen molar-refractivity contribution in [3.63, 3.8) is 0 Å². The lowest BCUT2D eigenvalue weighted by Crippen LogP contribution is -2.35. The van der Waals surface area contributed by atoms with Crippen molar-refractivity contribution in [3.05, 3.63) is 46.4 Å². The average Bonchev–Trinajstić information content (AvgIpc) is 2.89. The summed E-state index contributed by atoms with van der Waals surface area (Å²) in [6.07, 6.45) is 0. The van der Waals surface area contributed by atoms with E-state index < -0.39 is 0 Å². The number of nitrogens with zero attached hydrogens (tertiary/aromatic N) is 2. The highest BCUT2D eigenvalue weighted by atomic mass is 32.1. The Bertz CT molecular complexity index is 512. The molecule has 0 spiro atoms. The molecule has 2 rings (SSSR count). The molecule has 1 N–H and O–H groups in total. The second kappa shape index (κ2) is 6.37. The predicted octanol–water partition coefficient (Wildman–Crippen LogP) is 3.67. The Morgan fingerprint density at radius 2 is 1.90 bits per heavy atom. The van der Waals surface area contributed by atoms with Gasteiger partial charge in [-0.1, -0.05) is 12.1 Å². The Balaban J connectivity index is 1.93. The van der Waals surface area contributed by atoms with Crippen molar-refractivity contribution in [2.24, 2.45) is 0 Å². The first-order valence-corrected chi connectivity index (χ1v) is 7.80. The summed E-state index contributed by atoms with van der Waals surface area (Å²) < 4.78 is 0. The monoisotopic (exact) mass is 289 g/mol. The molecule has 0 fully saturated rings.